The van der Waals surface area contributed by atoms with Crippen LogP contribution in [0.2, 0.25) is 0 Å². The zero-order valence-electron chi connectivity index (χ0n) is 9.01. The maximum Gasteiger partial charge on any atom is 0.220 e. The second-order valence-corrected chi connectivity index (χ2v) is 3.90. The number of rotatable bonds is 6. The number of carbonyl (C=O) groups is 1. The van der Waals surface area contributed by atoms with Gasteiger partial charge < -0.3 is 5.32 Å². The Kier molecular flexibility index (Phi) is 5.86. The Balaban J connectivity index is 2.20. The van der Waals surface area contributed by atoms with E-state index in [-0.39, 0.29) is 11.7 Å². The zero-order chi connectivity index (χ0) is 11.8. The minimum atomic E-state index is -0.241. The van der Waals surface area contributed by atoms with Crippen LogP contribution >= 0.6 is 11.6 Å². The van der Waals surface area contributed by atoms with Gasteiger partial charge in [0.25, 0.3) is 0 Å². The van der Waals surface area contributed by atoms with E-state index in [1.165, 1.54) is 12.1 Å². The van der Waals surface area contributed by atoms with Gasteiger partial charge in [-0.25, -0.2) is 4.39 Å². The van der Waals surface area contributed by atoms with Gasteiger partial charge in [-0.15, -0.1) is 11.6 Å². The number of halogens is 2. The molecule has 1 aromatic rings. The first-order valence-electron chi connectivity index (χ1n) is 5.29. The highest BCUT2D eigenvalue weighted by molar-refractivity contribution is 6.17. The number of hydrogen-bond acceptors (Lipinski definition) is 1. The molecule has 0 aliphatic heterocycles. The zero-order valence-corrected chi connectivity index (χ0v) is 9.77. The van der Waals surface area contributed by atoms with Crippen LogP contribution in [0.15, 0.2) is 24.3 Å². The number of benzene rings is 1. The summed E-state index contributed by atoms with van der Waals surface area (Å²) in [6.07, 6.45) is 1.88. The van der Waals surface area contributed by atoms with E-state index in [1.807, 2.05) is 0 Å². The molecule has 88 valence electrons. The van der Waals surface area contributed by atoms with Crippen LogP contribution in [0.1, 0.15) is 18.4 Å². The van der Waals surface area contributed by atoms with Crippen molar-refractivity contribution in [3.05, 3.63) is 35.6 Å². The lowest BCUT2D eigenvalue weighted by Crippen LogP contribution is -2.25. The SMILES string of the molecule is O=C(CCCCl)NCCc1ccc(F)cc1. The predicted molar refractivity (Wildman–Crippen MR) is 63.1 cm³/mol. The Morgan fingerprint density at radius 3 is 2.62 bits per heavy atom. The van der Waals surface area contributed by atoms with Crippen LogP contribution in [0, 0.1) is 5.82 Å². The fourth-order valence-corrected chi connectivity index (χ4v) is 1.45. The van der Waals surface area contributed by atoms with Crippen molar-refractivity contribution >= 4 is 17.5 Å². The van der Waals surface area contributed by atoms with Gasteiger partial charge in [0.1, 0.15) is 5.82 Å². The van der Waals surface area contributed by atoms with Gasteiger partial charge in [0.05, 0.1) is 0 Å². The standard InChI is InChI=1S/C12H15ClFNO/c13-8-1-2-12(16)15-9-7-10-3-5-11(14)6-4-10/h3-6H,1-2,7-9H2,(H,15,16). The first-order chi connectivity index (χ1) is 7.72. The van der Waals surface area contributed by atoms with Crippen molar-refractivity contribution in [2.75, 3.05) is 12.4 Å². The van der Waals surface area contributed by atoms with Gasteiger partial charge in [-0.3, -0.25) is 4.79 Å². The summed E-state index contributed by atoms with van der Waals surface area (Å²) in [7, 11) is 0. The second-order valence-electron chi connectivity index (χ2n) is 3.52. The minimum Gasteiger partial charge on any atom is -0.356 e. The van der Waals surface area contributed by atoms with Crippen LogP contribution in [-0.4, -0.2) is 18.3 Å². The normalized spacial score (nSPS) is 10.1. The fraction of sp³-hybridized carbons (Fsp3) is 0.417. The van der Waals surface area contributed by atoms with E-state index in [1.54, 1.807) is 12.1 Å². The summed E-state index contributed by atoms with van der Waals surface area (Å²) in [6, 6.07) is 6.29. The van der Waals surface area contributed by atoms with Gasteiger partial charge in [0, 0.05) is 18.8 Å². The van der Waals surface area contributed by atoms with E-state index < -0.39 is 0 Å². The smallest absolute Gasteiger partial charge is 0.220 e. The summed E-state index contributed by atoms with van der Waals surface area (Å²) >= 11 is 5.47. The van der Waals surface area contributed by atoms with E-state index in [0.717, 1.165) is 5.56 Å². The lowest BCUT2D eigenvalue weighted by molar-refractivity contribution is -0.121. The Hall–Kier alpha value is -1.09. The second kappa shape index (κ2) is 7.23. The fourth-order valence-electron chi connectivity index (χ4n) is 1.31. The molecule has 0 radical (unpaired) electrons. The molecule has 4 heteroatoms. The average molecular weight is 244 g/mol. The van der Waals surface area contributed by atoms with Crippen LogP contribution in [0.3, 0.4) is 0 Å². The number of hydrogen-bond donors (Lipinski definition) is 1. The molecule has 0 aromatic heterocycles. The number of alkyl halides is 1. The molecule has 0 saturated carbocycles. The molecule has 0 atom stereocenters. The summed E-state index contributed by atoms with van der Waals surface area (Å²) in [5, 5.41) is 2.79. The van der Waals surface area contributed by atoms with E-state index >= 15 is 0 Å². The van der Waals surface area contributed by atoms with Gasteiger partial charge in [0.2, 0.25) is 5.91 Å². The van der Waals surface area contributed by atoms with Crippen LogP contribution in [0.4, 0.5) is 4.39 Å². The van der Waals surface area contributed by atoms with E-state index in [2.05, 4.69) is 5.32 Å². The van der Waals surface area contributed by atoms with E-state index in [9.17, 15) is 9.18 Å². The monoisotopic (exact) mass is 243 g/mol. The van der Waals surface area contributed by atoms with Crippen molar-refractivity contribution < 1.29 is 9.18 Å². The maximum absolute atomic E-state index is 12.6. The number of amides is 1. The summed E-state index contributed by atoms with van der Waals surface area (Å²) in [5.41, 5.74) is 1.01. The molecule has 0 aliphatic rings. The largest absolute Gasteiger partial charge is 0.356 e. The van der Waals surface area contributed by atoms with Crippen molar-refractivity contribution in [2.45, 2.75) is 19.3 Å². The van der Waals surface area contributed by atoms with Gasteiger partial charge in [-0.05, 0) is 30.5 Å². The van der Waals surface area contributed by atoms with E-state index in [0.29, 0.717) is 31.7 Å². The third-order valence-corrected chi connectivity index (χ3v) is 2.45. The molecule has 0 heterocycles. The summed E-state index contributed by atoms with van der Waals surface area (Å²) in [5.74, 6) is 0.281. The summed E-state index contributed by atoms with van der Waals surface area (Å²) in [6.45, 7) is 0.576. The Morgan fingerprint density at radius 2 is 2.00 bits per heavy atom. The van der Waals surface area contributed by atoms with Crippen molar-refractivity contribution in [1.29, 1.82) is 0 Å². The molecule has 2 nitrogen and oxygen atoms in total. The molecule has 0 unspecified atom stereocenters. The molecule has 1 N–H and O–H groups in total. The van der Waals surface area contributed by atoms with Crippen molar-refractivity contribution in [3.8, 4) is 0 Å². The average Bonchev–Trinajstić information content (AvgIpc) is 2.29. The first kappa shape index (κ1) is 13.0. The molecule has 0 fully saturated rings. The summed E-state index contributed by atoms with van der Waals surface area (Å²) in [4.78, 5) is 11.2. The summed E-state index contributed by atoms with van der Waals surface area (Å²) < 4.78 is 12.6. The maximum atomic E-state index is 12.6. The highest BCUT2D eigenvalue weighted by Crippen LogP contribution is 2.02. The third-order valence-electron chi connectivity index (χ3n) is 2.19. The number of carbonyl (C=O) groups excluding carboxylic acids is 1. The molecule has 0 saturated heterocycles. The molecule has 16 heavy (non-hydrogen) atoms. The lowest BCUT2D eigenvalue weighted by Gasteiger charge is -2.04. The molecular formula is C12H15ClFNO. The van der Waals surface area contributed by atoms with Crippen molar-refractivity contribution in [3.63, 3.8) is 0 Å². The van der Waals surface area contributed by atoms with Gasteiger partial charge in [0.15, 0.2) is 0 Å². The van der Waals surface area contributed by atoms with Gasteiger partial charge in [-0.2, -0.15) is 0 Å². The first-order valence-corrected chi connectivity index (χ1v) is 5.83. The Bertz CT molecular complexity index is 326. The highest BCUT2D eigenvalue weighted by Gasteiger charge is 2.00. The van der Waals surface area contributed by atoms with Crippen molar-refractivity contribution in [2.24, 2.45) is 0 Å². The highest BCUT2D eigenvalue weighted by atomic mass is 35.5. The quantitative estimate of drug-likeness (QED) is 0.765. The lowest BCUT2D eigenvalue weighted by atomic mass is 10.1. The Labute approximate surface area is 99.8 Å². The minimum absolute atomic E-state index is 0.0164. The van der Waals surface area contributed by atoms with Crippen molar-refractivity contribution in [1.82, 2.24) is 5.32 Å². The third kappa shape index (κ3) is 5.12. The molecule has 0 spiro atoms. The van der Waals surface area contributed by atoms with E-state index in [4.69, 9.17) is 11.6 Å². The molecule has 1 aromatic carbocycles. The molecule has 0 aliphatic carbocycles. The molecule has 0 bridgehead atoms. The van der Waals surface area contributed by atoms with Crippen LogP contribution in [0.25, 0.3) is 0 Å². The van der Waals surface area contributed by atoms with Crippen LogP contribution in [0.5, 0.6) is 0 Å². The Morgan fingerprint density at radius 1 is 1.31 bits per heavy atom. The van der Waals surface area contributed by atoms with Gasteiger partial charge >= 0.3 is 0 Å². The van der Waals surface area contributed by atoms with Crippen LogP contribution < -0.4 is 5.32 Å². The van der Waals surface area contributed by atoms with Gasteiger partial charge in [-0.1, -0.05) is 12.1 Å². The predicted octanol–water partition coefficient (Wildman–Crippen LogP) is 2.50. The molecule has 1 rings (SSSR count). The molecule has 1 amide bonds. The molecular weight excluding hydrogens is 229 g/mol. The number of nitrogens with one attached hydrogen (secondary N) is 1. The van der Waals surface area contributed by atoms with Crippen LogP contribution in [-0.2, 0) is 11.2 Å². The topological polar surface area (TPSA) is 29.1 Å².